The van der Waals surface area contributed by atoms with Gasteiger partial charge in [-0.1, -0.05) is 37.3 Å². The lowest BCUT2D eigenvalue weighted by Crippen LogP contribution is -2.53. The molecule has 5 heterocycles. The number of carbonyl (C=O) groups is 4. The Morgan fingerprint density at radius 1 is 1.07 bits per heavy atom. The topological polar surface area (TPSA) is 156 Å². The molecular formula is C28H29N5O7S2. The quantitative estimate of drug-likeness (QED) is 0.405. The maximum absolute atomic E-state index is 13.7. The van der Waals surface area contributed by atoms with Crippen molar-refractivity contribution in [2.75, 3.05) is 13.1 Å². The van der Waals surface area contributed by atoms with E-state index in [1.165, 1.54) is 34.6 Å². The van der Waals surface area contributed by atoms with E-state index in [-0.39, 0.29) is 31.0 Å². The molecule has 42 heavy (non-hydrogen) atoms. The first-order valence-corrected chi connectivity index (χ1v) is 15.6. The van der Waals surface area contributed by atoms with Crippen LogP contribution in [0.15, 0.2) is 60.9 Å². The summed E-state index contributed by atoms with van der Waals surface area (Å²) in [4.78, 5) is 62.7. The molecule has 2 amide bonds. The van der Waals surface area contributed by atoms with Gasteiger partial charge in [-0.25, -0.2) is 13.2 Å². The fourth-order valence-electron chi connectivity index (χ4n) is 5.24. The molecule has 3 aromatic rings. The van der Waals surface area contributed by atoms with E-state index >= 15 is 0 Å². The van der Waals surface area contributed by atoms with E-state index in [0.29, 0.717) is 5.06 Å². The molecule has 3 unspecified atom stereocenters. The zero-order valence-electron chi connectivity index (χ0n) is 22.9. The van der Waals surface area contributed by atoms with Crippen LogP contribution in [0.2, 0.25) is 0 Å². The average Bonchev–Trinajstić information content (AvgIpc) is 3.70. The summed E-state index contributed by atoms with van der Waals surface area (Å²) in [7, 11) is -4.56. The van der Waals surface area contributed by atoms with E-state index in [0.717, 1.165) is 14.9 Å². The Hall–Kier alpha value is -4.01. The van der Waals surface area contributed by atoms with Crippen LogP contribution in [-0.4, -0.2) is 81.7 Å². The first kappa shape index (κ1) is 29.5. The highest BCUT2D eigenvalue weighted by molar-refractivity contribution is 8.04. The summed E-state index contributed by atoms with van der Waals surface area (Å²) in [6.45, 7) is 3.34. The number of nitrogens with one attached hydrogen (secondary N) is 1. The van der Waals surface area contributed by atoms with Gasteiger partial charge in [0, 0.05) is 18.9 Å². The predicted octanol–water partition coefficient (Wildman–Crippen LogP) is 2.73. The van der Waals surface area contributed by atoms with Gasteiger partial charge in [-0.2, -0.15) is 4.31 Å². The van der Waals surface area contributed by atoms with Gasteiger partial charge in [0.15, 0.2) is 10.8 Å². The van der Waals surface area contributed by atoms with Gasteiger partial charge in [-0.05, 0) is 55.2 Å². The Bertz CT molecular complexity index is 1590. The molecule has 0 aromatic carbocycles. The third kappa shape index (κ3) is 5.96. The van der Waals surface area contributed by atoms with Crippen molar-refractivity contribution in [2.45, 2.75) is 44.8 Å². The summed E-state index contributed by atoms with van der Waals surface area (Å²) in [6.07, 6.45) is 2.57. The highest BCUT2D eigenvalue weighted by Crippen LogP contribution is 2.34. The normalized spacial score (nSPS) is 19.5. The number of hydrogen-bond acceptors (Lipinski definition) is 10. The summed E-state index contributed by atoms with van der Waals surface area (Å²) in [6, 6.07) is 10.3. The van der Waals surface area contributed by atoms with Crippen molar-refractivity contribution < 1.29 is 32.3 Å². The van der Waals surface area contributed by atoms with Crippen molar-refractivity contribution >= 4 is 44.3 Å². The predicted molar refractivity (Wildman–Crippen MR) is 153 cm³/mol. The number of sulfonamides is 1. The number of hydrogen-bond donors (Lipinski definition) is 1. The third-order valence-electron chi connectivity index (χ3n) is 7.07. The number of likely N-dealkylation sites (tertiary alicyclic amines) is 1. The zero-order chi connectivity index (χ0) is 30.0. The third-order valence-corrected chi connectivity index (χ3v) is 9.75. The molecule has 12 nitrogen and oxygen atoms in total. The fourth-order valence-corrected chi connectivity index (χ4v) is 7.54. The minimum atomic E-state index is -4.56. The van der Waals surface area contributed by atoms with Crippen molar-refractivity contribution in [3.8, 4) is 15.6 Å². The van der Waals surface area contributed by atoms with E-state index in [2.05, 4.69) is 15.3 Å². The minimum Gasteiger partial charge on any atom is -0.399 e. The van der Waals surface area contributed by atoms with Gasteiger partial charge in [0.1, 0.15) is 17.8 Å². The second-order valence-corrected chi connectivity index (χ2v) is 13.2. The summed E-state index contributed by atoms with van der Waals surface area (Å²) in [5.41, 5.74) is 0.477. The summed E-state index contributed by atoms with van der Waals surface area (Å²) >= 11 is 1.23. The van der Waals surface area contributed by atoms with Crippen LogP contribution in [0.25, 0.3) is 10.6 Å². The van der Waals surface area contributed by atoms with E-state index in [1.54, 1.807) is 30.5 Å². The lowest BCUT2D eigenvalue weighted by Gasteiger charge is -2.28. The van der Waals surface area contributed by atoms with E-state index in [9.17, 15) is 27.6 Å². The van der Waals surface area contributed by atoms with E-state index in [1.807, 2.05) is 26.0 Å². The van der Waals surface area contributed by atoms with E-state index < -0.39 is 57.6 Å². The van der Waals surface area contributed by atoms with Crippen LogP contribution < -0.4 is 10.1 Å². The number of nitrogens with zero attached hydrogens (tertiary/aromatic N) is 4. The number of amides is 2. The second-order valence-electron chi connectivity index (χ2n) is 10.4. The summed E-state index contributed by atoms with van der Waals surface area (Å²) in [5, 5.41) is 1.74. The molecule has 1 N–H and O–H groups in total. The molecule has 2 aliphatic rings. The molecule has 5 rings (SSSR count). The number of Topliss-reactive ketones (excluding diaryl/α,β-unsaturated/α-hetero) is 1. The number of carbonyl (C=O) groups excluding carboxylic acids is 4. The lowest BCUT2D eigenvalue weighted by atomic mass is 10.0. The van der Waals surface area contributed by atoms with E-state index in [4.69, 9.17) is 4.74 Å². The molecule has 2 saturated heterocycles. The van der Waals surface area contributed by atoms with Crippen LogP contribution in [0.1, 0.15) is 37.2 Å². The second kappa shape index (κ2) is 12.1. The standard InChI is InChI=1S/C28H29N5O7S2/c1-17(2)15-20(31-28(37)40-24-10-9-23(41-24)18-7-3-5-12-29-18)26(35)32-14-11-21-25(32)22(34)16-33(21)42(38,39)27(36)19-8-4-6-13-30-19/h3-10,12-13,17,20-21,25H,11,14-16H2,1-2H3,(H,31,37). The number of pyridine rings is 2. The fraction of sp³-hybridized carbons (Fsp3) is 0.357. The van der Waals surface area contributed by atoms with Crippen LogP contribution in [0.5, 0.6) is 5.06 Å². The van der Waals surface area contributed by atoms with Gasteiger partial charge >= 0.3 is 11.2 Å². The molecule has 0 saturated carbocycles. The first-order chi connectivity index (χ1) is 20.1. The van der Waals surface area contributed by atoms with Gasteiger partial charge < -0.3 is 15.0 Å². The molecule has 14 heteroatoms. The molecule has 0 aliphatic carbocycles. The molecule has 3 aromatic heterocycles. The number of fused-ring (bicyclic) bond motifs is 1. The van der Waals surface area contributed by atoms with Crippen LogP contribution in [0, 0.1) is 5.92 Å². The number of rotatable bonds is 8. The molecule has 2 aliphatic heterocycles. The molecule has 0 bridgehead atoms. The maximum Gasteiger partial charge on any atom is 0.414 e. The van der Waals surface area contributed by atoms with Crippen molar-refractivity contribution in [1.29, 1.82) is 0 Å². The summed E-state index contributed by atoms with van der Waals surface area (Å²) in [5.74, 6) is -1.01. The number of aromatic nitrogens is 2. The van der Waals surface area contributed by atoms with Crippen molar-refractivity contribution in [1.82, 2.24) is 24.5 Å². The highest BCUT2D eigenvalue weighted by Gasteiger charge is 2.55. The van der Waals surface area contributed by atoms with Crippen molar-refractivity contribution in [3.05, 3.63) is 66.6 Å². The Morgan fingerprint density at radius 3 is 2.48 bits per heavy atom. The van der Waals surface area contributed by atoms with Gasteiger partial charge in [0.2, 0.25) is 5.91 Å². The lowest BCUT2D eigenvalue weighted by molar-refractivity contribution is -0.138. The van der Waals surface area contributed by atoms with Crippen LogP contribution in [-0.2, 0) is 19.6 Å². The van der Waals surface area contributed by atoms with Crippen LogP contribution >= 0.6 is 11.3 Å². The summed E-state index contributed by atoms with van der Waals surface area (Å²) < 4.78 is 32.7. The maximum atomic E-state index is 13.7. The van der Waals surface area contributed by atoms with Gasteiger partial charge in [-0.15, -0.1) is 0 Å². The Kier molecular flexibility index (Phi) is 8.48. The SMILES string of the molecule is CC(C)CC(NC(=O)Oc1ccc(-c2ccccn2)s1)C(=O)N1CCC2C1C(=O)CN2S(=O)(=O)C(=O)c1ccccn1. The molecule has 3 atom stereocenters. The van der Waals surface area contributed by atoms with Crippen molar-refractivity contribution in [3.63, 3.8) is 0 Å². The smallest absolute Gasteiger partial charge is 0.399 e. The average molecular weight is 612 g/mol. The minimum absolute atomic E-state index is 0.00213. The van der Waals surface area contributed by atoms with Crippen LogP contribution in [0.4, 0.5) is 4.79 Å². The zero-order valence-corrected chi connectivity index (χ0v) is 24.5. The molecular weight excluding hydrogens is 582 g/mol. The molecule has 2 fully saturated rings. The number of ketones is 1. The van der Waals surface area contributed by atoms with Gasteiger partial charge in [0.05, 0.1) is 23.2 Å². The van der Waals surface area contributed by atoms with Crippen LogP contribution in [0.3, 0.4) is 0 Å². The highest BCUT2D eigenvalue weighted by atomic mass is 32.2. The van der Waals surface area contributed by atoms with Gasteiger partial charge in [-0.3, -0.25) is 24.4 Å². The largest absolute Gasteiger partial charge is 0.414 e. The van der Waals surface area contributed by atoms with Crippen molar-refractivity contribution in [2.24, 2.45) is 5.92 Å². The molecule has 0 spiro atoms. The first-order valence-electron chi connectivity index (χ1n) is 13.4. The van der Waals surface area contributed by atoms with Gasteiger partial charge in [0.25, 0.3) is 10.0 Å². The Balaban J connectivity index is 1.28. The number of ether oxygens (including phenoxy) is 1. The molecule has 0 radical (unpaired) electrons. The Labute approximate surface area is 246 Å². The number of thiophene rings is 1. The Morgan fingerprint density at radius 2 is 1.81 bits per heavy atom. The monoisotopic (exact) mass is 611 g/mol. The molecule has 220 valence electrons.